The molecule has 0 aromatic heterocycles. The normalized spacial score (nSPS) is 12.7. The van der Waals surface area contributed by atoms with Crippen LogP contribution >= 0.6 is 0 Å². The van der Waals surface area contributed by atoms with E-state index in [1.807, 2.05) is 0 Å². The van der Waals surface area contributed by atoms with E-state index in [1.165, 1.54) is 6.92 Å². The Labute approximate surface area is 151 Å². The SMILES string of the molecule is CC[C@H](NC(=O)[C@@H](C)NCC(=O)O)C(=O)NCc1ccc(C(=N)N)cc1. The third kappa shape index (κ3) is 6.89. The first kappa shape index (κ1) is 21.1. The molecular formula is C17H25N5O4. The molecule has 9 nitrogen and oxygen atoms in total. The summed E-state index contributed by atoms with van der Waals surface area (Å²) in [6, 6.07) is 5.46. The number of amidine groups is 1. The van der Waals surface area contributed by atoms with Crippen LogP contribution in [0, 0.1) is 5.41 Å². The van der Waals surface area contributed by atoms with E-state index in [2.05, 4.69) is 16.0 Å². The molecule has 1 aromatic carbocycles. The Bertz CT molecular complexity index is 660. The quantitative estimate of drug-likeness (QED) is 0.244. The maximum absolute atomic E-state index is 12.3. The van der Waals surface area contributed by atoms with Crippen molar-refractivity contribution in [2.24, 2.45) is 5.73 Å². The average molecular weight is 363 g/mol. The Morgan fingerprint density at radius 1 is 1.19 bits per heavy atom. The summed E-state index contributed by atoms with van der Waals surface area (Å²) in [5, 5.41) is 23.8. The molecule has 0 radical (unpaired) electrons. The molecule has 0 aliphatic rings. The number of rotatable bonds is 10. The third-order valence-corrected chi connectivity index (χ3v) is 3.73. The summed E-state index contributed by atoms with van der Waals surface area (Å²) in [6.45, 7) is 3.23. The number of aliphatic carboxylic acids is 1. The number of carbonyl (C=O) groups is 3. The molecule has 26 heavy (non-hydrogen) atoms. The van der Waals surface area contributed by atoms with E-state index in [0.717, 1.165) is 5.56 Å². The van der Waals surface area contributed by atoms with E-state index in [-0.39, 0.29) is 24.8 Å². The van der Waals surface area contributed by atoms with Crippen LogP contribution in [0.1, 0.15) is 31.4 Å². The third-order valence-electron chi connectivity index (χ3n) is 3.73. The highest BCUT2D eigenvalue weighted by atomic mass is 16.4. The number of carboxylic acids is 1. The molecular weight excluding hydrogens is 338 g/mol. The Morgan fingerprint density at radius 3 is 2.31 bits per heavy atom. The number of hydrogen-bond acceptors (Lipinski definition) is 5. The van der Waals surface area contributed by atoms with Gasteiger partial charge in [0, 0.05) is 12.1 Å². The maximum atomic E-state index is 12.3. The van der Waals surface area contributed by atoms with Gasteiger partial charge in [0.1, 0.15) is 11.9 Å². The monoisotopic (exact) mass is 363 g/mol. The lowest BCUT2D eigenvalue weighted by molar-refractivity contribution is -0.136. The summed E-state index contributed by atoms with van der Waals surface area (Å²) in [5.74, 6) is -1.87. The minimum atomic E-state index is -1.06. The van der Waals surface area contributed by atoms with E-state index in [4.69, 9.17) is 16.2 Å². The van der Waals surface area contributed by atoms with Crippen LogP contribution < -0.4 is 21.7 Å². The molecule has 0 aliphatic heterocycles. The zero-order valence-corrected chi connectivity index (χ0v) is 14.8. The summed E-state index contributed by atoms with van der Waals surface area (Å²) in [6.07, 6.45) is 0.395. The molecule has 7 N–H and O–H groups in total. The molecule has 0 saturated carbocycles. The van der Waals surface area contributed by atoms with Gasteiger partial charge in [0.05, 0.1) is 12.6 Å². The molecule has 2 atom stereocenters. The minimum Gasteiger partial charge on any atom is -0.480 e. The van der Waals surface area contributed by atoms with Crippen LogP contribution in [0.5, 0.6) is 0 Å². The van der Waals surface area contributed by atoms with Crippen molar-refractivity contribution < 1.29 is 19.5 Å². The van der Waals surface area contributed by atoms with Gasteiger partial charge in [0.25, 0.3) is 0 Å². The van der Waals surface area contributed by atoms with Crippen molar-refractivity contribution in [3.63, 3.8) is 0 Å². The van der Waals surface area contributed by atoms with Crippen molar-refractivity contribution in [2.75, 3.05) is 6.54 Å². The summed E-state index contributed by atoms with van der Waals surface area (Å²) < 4.78 is 0. The molecule has 0 bridgehead atoms. The second kappa shape index (κ2) is 10.1. The molecule has 0 fully saturated rings. The van der Waals surface area contributed by atoms with Gasteiger partial charge in [-0.15, -0.1) is 0 Å². The molecule has 0 spiro atoms. The minimum absolute atomic E-state index is 0.0278. The highest BCUT2D eigenvalue weighted by Gasteiger charge is 2.22. The van der Waals surface area contributed by atoms with Gasteiger partial charge >= 0.3 is 5.97 Å². The summed E-state index contributed by atoms with van der Waals surface area (Å²) >= 11 is 0. The van der Waals surface area contributed by atoms with Crippen LogP contribution in [-0.2, 0) is 20.9 Å². The number of hydrogen-bond donors (Lipinski definition) is 6. The largest absolute Gasteiger partial charge is 0.480 e. The zero-order valence-electron chi connectivity index (χ0n) is 14.8. The average Bonchev–Trinajstić information content (AvgIpc) is 2.62. The van der Waals surface area contributed by atoms with Crippen molar-refractivity contribution in [1.82, 2.24) is 16.0 Å². The standard InChI is InChI=1S/C17H25N5O4/c1-3-13(22-16(25)10(2)20-9-14(23)24)17(26)21-8-11-4-6-12(7-5-11)15(18)19/h4-7,10,13,20H,3,8-9H2,1-2H3,(H3,18,19)(H,21,26)(H,22,25)(H,23,24)/t10-,13+/m1/s1. The molecule has 1 aromatic rings. The van der Waals surface area contributed by atoms with Crippen molar-refractivity contribution in [1.29, 1.82) is 5.41 Å². The number of carbonyl (C=O) groups excluding carboxylic acids is 2. The lowest BCUT2D eigenvalue weighted by Gasteiger charge is -2.20. The molecule has 2 amide bonds. The number of nitrogens with one attached hydrogen (secondary N) is 4. The fourth-order valence-electron chi connectivity index (χ4n) is 2.10. The number of amides is 2. The number of benzene rings is 1. The van der Waals surface area contributed by atoms with Crippen LogP contribution in [0.4, 0.5) is 0 Å². The predicted molar refractivity (Wildman–Crippen MR) is 96.6 cm³/mol. The fraction of sp³-hybridized carbons (Fsp3) is 0.412. The molecule has 1 rings (SSSR count). The number of carboxylic acid groups (broad SMARTS) is 1. The van der Waals surface area contributed by atoms with Gasteiger partial charge in [-0.1, -0.05) is 31.2 Å². The summed E-state index contributed by atoms with van der Waals surface area (Å²) in [7, 11) is 0. The van der Waals surface area contributed by atoms with Gasteiger partial charge in [-0.05, 0) is 18.9 Å². The van der Waals surface area contributed by atoms with Crippen molar-refractivity contribution in [3.8, 4) is 0 Å². The Balaban J connectivity index is 2.53. The molecule has 142 valence electrons. The van der Waals surface area contributed by atoms with Crippen molar-refractivity contribution in [3.05, 3.63) is 35.4 Å². The second-order valence-corrected chi connectivity index (χ2v) is 5.79. The summed E-state index contributed by atoms with van der Waals surface area (Å²) in [4.78, 5) is 34.8. The smallest absolute Gasteiger partial charge is 0.317 e. The van der Waals surface area contributed by atoms with Crippen LogP contribution in [0.2, 0.25) is 0 Å². The van der Waals surface area contributed by atoms with E-state index in [0.29, 0.717) is 12.0 Å². The summed E-state index contributed by atoms with van der Waals surface area (Å²) in [5.41, 5.74) is 6.82. The first-order valence-corrected chi connectivity index (χ1v) is 8.21. The van der Waals surface area contributed by atoms with Crippen LogP contribution in [-0.4, -0.2) is 47.4 Å². The Morgan fingerprint density at radius 2 is 1.81 bits per heavy atom. The van der Waals surface area contributed by atoms with Crippen LogP contribution in [0.3, 0.4) is 0 Å². The lowest BCUT2D eigenvalue weighted by atomic mass is 10.1. The van der Waals surface area contributed by atoms with E-state index in [1.54, 1.807) is 31.2 Å². The van der Waals surface area contributed by atoms with Crippen LogP contribution in [0.25, 0.3) is 0 Å². The van der Waals surface area contributed by atoms with Gasteiger partial charge in [-0.25, -0.2) is 0 Å². The van der Waals surface area contributed by atoms with E-state index >= 15 is 0 Å². The highest BCUT2D eigenvalue weighted by Crippen LogP contribution is 2.04. The lowest BCUT2D eigenvalue weighted by Crippen LogP contribution is -2.52. The van der Waals surface area contributed by atoms with Gasteiger partial charge in [-0.3, -0.25) is 25.1 Å². The van der Waals surface area contributed by atoms with Gasteiger partial charge in [-0.2, -0.15) is 0 Å². The first-order valence-electron chi connectivity index (χ1n) is 8.21. The van der Waals surface area contributed by atoms with Gasteiger partial charge in [0.15, 0.2) is 0 Å². The Kier molecular flexibility index (Phi) is 8.23. The molecule has 0 aliphatic carbocycles. The van der Waals surface area contributed by atoms with Gasteiger partial charge < -0.3 is 21.5 Å². The highest BCUT2D eigenvalue weighted by molar-refractivity contribution is 5.95. The van der Waals surface area contributed by atoms with Gasteiger partial charge in [0.2, 0.25) is 11.8 Å². The zero-order chi connectivity index (χ0) is 19.7. The predicted octanol–water partition coefficient (Wildman–Crippen LogP) is -0.456. The number of nitrogens with two attached hydrogens (primary N) is 1. The van der Waals surface area contributed by atoms with Crippen molar-refractivity contribution in [2.45, 2.75) is 38.9 Å². The van der Waals surface area contributed by atoms with Crippen LogP contribution in [0.15, 0.2) is 24.3 Å². The maximum Gasteiger partial charge on any atom is 0.317 e. The molecule has 9 heteroatoms. The second-order valence-electron chi connectivity index (χ2n) is 5.79. The molecule has 0 heterocycles. The van der Waals surface area contributed by atoms with E-state index < -0.39 is 24.0 Å². The Hall–Kier alpha value is -2.94. The number of nitrogen functional groups attached to an aromatic ring is 1. The first-order chi connectivity index (χ1) is 12.2. The topological polar surface area (TPSA) is 157 Å². The fourth-order valence-corrected chi connectivity index (χ4v) is 2.10. The van der Waals surface area contributed by atoms with Crippen molar-refractivity contribution >= 4 is 23.6 Å². The molecule has 0 unspecified atom stereocenters. The molecule has 0 saturated heterocycles. The van der Waals surface area contributed by atoms with E-state index in [9.17, 15) is 14.4 Å².